The van der Waals surface area contributed by atoms with Crippen molar-refractivity contribution >= 4 is 11.7 Å². The van der Waals surface area contributed by atoms with E-state index >= 15 is 0 Å². The van der Waals surface area contributed by atoms with Crippen LogP contribution in [-0.4, -0.2) is 41.6 Å². The lowest BCUT2D eigenvalue weighted by molar-refractivity contribution is -0.148. The minimum absolute atomic E-state index is 0.241. The number of rotatable bonds is 8. The average Bonchev–Trinajstić information content (AvgIpc) is 2.41. The molecule has 0 radical (unpaired) electrons. The Hall–Kier alpha value is -1.47. The fourth-order valence-corrected chi connectivity index (χ4v) is 2.42. The Morgan fingerprint density at radius 2 is 1.67 bits per heavy atom. The summed E-state index contributed by atoms with van der Waals surface area (Å²) in [6.45, 7) is 3.21. The number of alkyl halides is 3. The first-order chi connectivity index (χ1) is 9.64. The third kappa shape index (κ3) is 5.43. The van der Waals surface area contributed by atoms with Gasteiger partial charge in [-0.1, -0.05) is 31.8 Å². The molecule has 8 heteroatoms. The molecule has 0 saturated heterocycles. The first-order valence-corrected chi connectivity index (χ1v) is 6.95. The van der Waals surface area contributed by atoms with E-state index in [-0.39, 0.29) is 5.84 Å². The van der Waals surface area contributed by atoms with E-state index < -0.39 is 30.5 Å². The summed E-state index contributed by atoms with van der Waals surface area (Å²) < 4.78 is 36.8. The van der Waals surface area contributed by atoms with Crippen LogP contribution >= 0.6 is 0 Å². The maximum absolute atomic E-state index is 12.5. The lowest BCUT2D eigenvalue weighted by Crippen LogP contribution is -2.51. The Morgan fingerprint density at radius 1 is 1.19 bits per heavy atom. The summed E-state index contributed by atoms with van der Waals surface area (Å²) in [5.74, 6) is -0.777. The molecule has 0 aromatic rings. The van der Waals surface area contributed by atoms with Gasteiger partial charge >= 0.3 is 6.18 Å². The van der Waals surface area contributed by atoms with Crippen LogP contribution < -0.4 is 5.73 Å². The molecule has 124 valence electrons. The number of hydrogen-bond donors (Lipinski definition) is 2. The third-order valence-electron chi connectivity index (χ3n) is 3.44. The Balaban J connectivity index is 5.26. The number of nitrogens with two attached hydrogens (primary N) is 1. The van der Waals surface area contributed by atoms with Gasteiger partial charge in [0.25, 0.3) is 0 Å². The maximum Gasteiger partial charge on any atom is 0.390 e. The second-order valence-electron chi connectivity index (χ2n) is 5.16. The fraction of sp³-hybridized carbons (Fsp3) is 0.846. The van der Waals surface area contributed by atoms with Gasteiger partial charge in [-0.2, -0.15) is 13.2 Å². The highest BCUT2D eigenvalue weighted by Crippen LogP contribution is 2.33. The van der Waals surface area contributed by atoms with E-state index in [0.29, 0.717) is 25.7 Å². The van der Waals surface area contributed by atoms with Gasteiger partial charge in [-0.15, -0.1) is 0 Å². The lowest BCUT2D eigenvalue weighted by atomic mass is 9.76. The minimum atomic E-state index is -4.33. The van der Waals surface area contributed by atoms with Gasteiger partial charge in [-0.25, -0.2) is 0 Å². The van der Waals surface area contributed by atoms with Gasteiger partial charge in [0.2, 0.25) is 5.91 Å². The number of amides is 1. The zero-order valence-corrected chi connectivity index (χ0v) is 12.7. The van der Waals surface area contributed by atoms with Crippen LogP contribution in [-0.2, 0) is 4.79 Å². The van der Waals surface area contributed by atoms with Gasteiger partial charge in [0.05, 0.1) is 6.42 Å². The molecule has 0 aromatic heterocycles. The van der Waals surface area contributed by atoms with Gasteiger partial charge in [-0.3, -0.25) is 4.79 Å². The third-order valence-corrected chi connectivity index (χ3v) is 3.44. The number of hydrogen-bond acceptors (Lipinski definition) is 3. The molecule has 0 aliphatic rings. The molecule has 5 nitrogen and oxygen atoms in total. The number of halogens is 3. The molecule has 0 unspecified atom stereocenters. The molecule has 0 saturated carbocycles. The molecule has 0 fully saturated rings. The van der Waals surface area contributed by atoms with E-state index in [1.54, 1.807) is 0 Å². The molecule has 0 aliphatic heterocycles. The van der Waals surface area contributed by atoms with E-state index in [1.807, 2.05) is 13.8 Å². The molecular formula is C13H24F3N3O2. The fourth-order valence-electron chi connectivity index (χ4n) is 2.42. The highest BCUT2D eigenvalue weighted by molar-refractivity contribution is 6.06. The van der Waals surface area contributed by atoms with Crippen molar-refractivity contribution in [2.75, 3.05) is 13.6 Å². The largest absolute Gasteiger partial charge is 0.409 e. The smallest absolute Gasteiger partial charge is 0.390 e. The summed E-state index contributed by atoms with van der Waals surface area (Å²) in [6, 6.07) is 0. The van der Waals surface area contributed by atoms with Crippen molar-refractivity contribution in [3.8, 4) is 0 Å². The number of amidine groups is 1. The minimum Gasteiger partial charge on any atom is -0.409 e. The highest BCUT2D eigenvalue weighted by atomic mass is 19.4. The second kappa shape index (κ2) is 8.09. The van der Waals surface area contributed by atoms with E-state index in [2.05, 4.69) is 5.16 Å². The molecular weight excluding hydrogens is 287 g/mol. The average molecular weight is 311 g/mol. The van der Waals surface area contributed by atoms with Gasteiger partial charge in [-0.05, 0) is 12.8 Å². The molecule has 0 aliphatic carbocycles. The molecule has 0 atom stereocenters. The molecule has 21 heavy (non-hydrogen) atoms. The van der Waals surface area contributed by atoms with Crippen molar-refractivity contribution in [1.29, 1.82) is 0 Å². The predicted molar refractivity (Wildman–Crippen MR) is 74.0 cm³/mol. The van der Waals surface area contributed by atoms with Crippen LogP contribution in [0.1, 0.15) is 46.0 Å². The first-order valence-electron chi connectivity index (χ1n) is 6.95. The van der Waals surface area contributed by atoms with E-state index in [1.165, 1.54) is 7.05 Å². The number of carbonyl (C=O) groups is 1. The van der Waals surface area contributed by atoms with E-state index in [0.717, 1.165) is 4.90 Å². The summed E-state index contributed by atoms with van der Waals surface area (Å²) >= 11 is 0. The van der Waals surface area contributed by atoms with Crippen molar-refractivity contribution in [3.05, 3.63) is 0 Å². The van der Waals surface area contributed by atoms with Crippen LogP contribution in [0.25, 0.3) is 0 Å². The van der Waals surface area contributed by atoms with Crippen molar-refractivity contribution in [2.24, 2.45) is 16.3 Å². The zero-order valence-electron chi connectivity index (χ0n) is 12.7. The number of carbonyl (C=O) groups excluding carboxylic acids is 1. The highest BCUT2D eigenvalue weighted by Gasteiger charge is 2.43. The Morgan fingerprint density at radius 3 is 2.00 bits per heavy atom. The molecule has 1 amide bonds. The van der Waals surface area contributed by atoms with Crippen molar-refractivity contribution < 1.29 is 23.2 Å². The molecule has 0 rings (SSSR count). The first kappa shape index (κ1) is 19.5. The standard InChI is InChI=1S/C13H24F3N3O2/c1-4-6-12(7-5-2,10(17)18-21)11(20)19(3)9-8-13(14,15)16/h21H,4-9H2,1-3H3,(H2,17,18). The molecule has 0 heterocycles. The van der Waals surface area contributed by atoms with Crippen LogP contribution in [0.15, 0.2) is 5.16 Å². The van der Waals surface area contributed by atoms with Gasteiger partial charge in [0.1, 0.15) is 5.41 Å². The topological polar surface area (TPSA) is 78.9 Å². The van der Waals surface area contributed by atoms with Crippen LogP contribution in [0.3, 0.4) is 0 Å². The van der Waals surface area contributed by atoms with Crippen LogP contribution in [0.2, 0.25) is 0 Å². The molecule has 0 aromatic carbocycles. The van der Waals surface area contributed by atoms with E-state index in [4.69, 9.17) is 10.9 Å². The van der Waals surface area contributed by atoms with Crippen LogP contribution in [0, 0.1) is 5.41 Å². The number of nitrogens with zero attached hydrogens (tertiary/aromatic N) is 2. The normalized spacial score (nSPS) is 13.3. The summed E-state index contributed by atoms with van der Waals surface area (Å²) in [7, 11) is 1.30. The summed E-state index contributed by atoms with van der Waals surface area (Å²) in [5, 5.41) is 11.9. The van der Waals surface area contributed by atoms with Crippen molar-refractivity contribution in [1.82, 2.24) is 4.90 Å². The Labute approximate surface area is 123 Å². The van der Waals surface area contributed by atoms with Gasteiger partial charge in [0.15, 0.2) is 5.84 Å². The SMILES string of the molecule is CCCC(CCC)(C(=O)N(C)CCC(F)(F)F)C(N)=NO. The summed E-state index contributed by atoms with van der Waals surface area (Å²) in [4.78, 5) is 13.6. The van der Waals surface area contributed by atoms with Gasteiger partial charge in [0, 0.05) is 13.6 Å². The van der Waals surface area contributed by atoms with Crippen LogP contribution in [0.4, 0.5) is 13.2 Å². The van der Waals surface area contributed by atoms with Crippen molar-refractivity contribution in [3.63, 3.8) is 0 Å². The van der Waals surface area contributed by atoms with Crippen LogP contribution in [0.5, 0.6) is 0 Å². The van der Waals surface area contributed by atoms with E-state index in [9.17, 15) is 18.0 Å². The summed E-state index contributed by atoms with van der Waals surface area (Å²) in [6.07, 6.45) is -3.58. The molecule has 3 N–H and O–H groups in total. The quantitative estimate of drug-likeness (QED) is 0.313. The molecule has 0 spiro atoms. The second-order valence-corrected chi connectivity index (χ2v) is 5.16. The Kier molecular flexibility index (Phi) is 7.52. The van der Waals surface area contributed by atoms with Gasteiger partial charge < -0.3 is 15.8 Å². The number of oxime groups is 1. The maximum atomic E-state index is 12.5. The van der Waals surface area contributed by atoms with Crippen molar-refractivity contribution in [2.45, 2.75) is 52.1 Å². The predicted octanol–water partition coefficient (Wildman–Crippen LogP) is 2.73. The Bertz CT molecular complexity index is 364. The summed E-state index contributed by atoms with van der Waals surface area (Å²) in [5.41, 5.74) is 4.44. The zero-order chi connectivity index (χ0) is 16.7. The lowest BCUT2D eigenvalue weighted by Gasteiger charge is -2.34. The molecule has 0 bridgehead atoms. The monoisotopic (exact) mass is 311 g/mol.